The minimum absolute atomic E-state index is 0. The summed E-state index contributed by atoms with van der Waals surface area (Å²) in [7, 11) is 0. The second-order valence-electron chi connectivity index (χ2n) is 3.42. The number of halogens is 1. The number of amidine groups is 1. The Morgan fingerprint density at radius 1 is 1.38 bits per heavy atom. The number of carbonyl (C=O) groups is 1. The molecule has 0 saturated heterocycles. The Hall–Kier alpha value is -1.39. The summed E-state index contributed by atoms with van der Waals surface area (Å²) in [5, 5.41) is 12.0. The highest BCUT2D eigenvalue weighted by Gasteiger charge is 2.18. The number of hydrogen-bond acceptors (Lipinski definition) is 4. The summed E-state index contributed by atoms with van der Waals surface area (Å²) in [5.41, 5.74) is 0.611. The smallest absolute Gasteiger partial charge is 0.227 e. The van der Waals surface area contributed by atoms with E-state index in [4.69, 9.17) is 0 Å². The van der Waals surface area contributed by atoms with Crippen LogP contribution in [0.4, 0.5) is 0 Å². The van der Waals surface area contributed by atoms with Crippen molar-refractivity contribution >= 4 is 24.0 Å². The number of hydrogen-bond donors (Lipinski definition) is 2. The van der Waals surface area contributed by atoms with Crippen molar-refractivity contribution in [1.82, 2.24) is 5.32 Å². The number of ketones is 1. The van der Waals surface area contributed by atoms with E-state index in [-0.39, 0.29) is 18.2 Å². The summed E-state index contributed by atoms with van der Waals surface area (Å²) in [6.07, 6.45) is -0.489. The molecule has 2 N–H and O–H groups in total. The zero-order chi connectivity index (χ0) is 10.7. The minimum Gasteiger partial charge on any atom is -0.389 e. The van der Waals surface area contributed by atoms with Crippen LogP contribution in [0.5, 0.6) is 0 Å². The van der Waals surface area contributed by atoms with Crippen LogP contribution in [0.25, 0.3) is 0 Å². The SMILES string of the molecule is Cl.O=C(C1=NCC(O)CN1)c1ccccc1. The summed E-state index contributed by atoms with van der Waals surface area (Å²) in [6.45, 7) is 0.679. The monoisotopic (exact) mass is 240 g/mol. The van der Waals surface area contributed by atoms with E-state index in [0.29, 0.717) is 24.5 Å². The lowest BCUT2D eigenvalue weighted by atomic mass is 10.1. The largest absolute Gasteiger partial charge is 0.389 e. The Morgan fingerprint density at radius 3 is 2.62 bits per heavy atom. The van der Waals surface area contributed by atoms with Crippen molar-refractivity contribution in [3.8, 4) is 0 Å². The van der Waals surface area contributed by atoms with E-state index >= 15 is 0 Å². The molecule has 1 atom stereocenters. The Morgan fingerprint density at radius 2 is 2.06 bits per heavy atom. The van der Waals surface area contributed by atoms with Crippen LogP contribution >= 0.6 is 12.4 Å². The van der Waals surface area contributed by atoms with E-state index in [9.17, 15) is 9.90 Å². The van der Waals surface area contributed by atoms with Crippen molar-refractivity contribution in [2.45, 2.75) is 6.10 Å². The lowest BCUT2D eigenvalue weighted by Crippen LogP contribution is -2.42. The molecule has 16 heavy (non-hydrogen) atoms. The molecule has 1 heterocycles. The standard InChI is InChI=1S/C11H12N2O2.ClH/c14-9-6-12-11(13-7-9)10(15)8-4-2-1-3-5-8;/h1-5,9,14H,6-7H2,(H,12,13);1H. The van der Waals surface area contributed by atoms with Crippen molar-refractivity contribution in [2.24, 2.45) is 4.99 Å². The topological polar surface area (TPSA) is 61.7 Å². The number of benzene rings is 1. The van der Waals surface area contributed by atoms with Gasteiger partial charge in [0.15, 0.2) is 5.84 Å². The maximum atomic E-state index is 11.8. The second kappa shape index (κ2) is 5.63. The number of rotatable bonds is 2. The molecular weight excluding hydrogens is 228 g/mol. The molecule has 86 valence electrons. The molecule has 1 aromatic carbocycles. The van der Waals surface area contributed by atoms with Gasteiger partial charge in [-0.2, -0.15) is 0 Å². The van der Waals surface area contributed by atoms with Crippen LogP contribution in [-0.4, -0.2) is 35.9 Å². The number of aliphatic hydroxyl groups excluding tert-OH is 1. The molecule has 0 aromatic heterocycles. The summed E-state index contributed by atoms with van der Waals surface area (Å²) < 4.78 is 0. The molecule has 1 aromatic rings. The fraction of sp³-hybridized carbons (Fsp3) is 0.273. The van der Waals surface area contributed by atoms with Crippen LogP contribution in [0.1, 0.15) is 10.4 Å². The van der Waals surface area contributed by atoms with Gasteiger partial charge < -0.3 is 10.4 Å². The Labute approximate surface area is 99.8 Å². The van der Waals surface area contributed by atoms with Gasteiger partial charge in [-0.3, -0.25) is 9.79 Å². The number of carbonyl (C=O) groups excluding carboxylic acids is 1. The number of nitrogens with one attached hydrogen (secondary N) is 1. The highest BCUT2D eigenvalue weighted by Crippen LogP contribution is 2.03. The van der Waals surface area contributed by atoms with Gasteiger partial charge in [-0.15, -0.1) is 12.4 Å². The second-order valence-corrected chi connectivity index (χ2v) is 3.42. The van der Waals surface area contributed by atoms with Crippen LogP contribution in [0, 0.1) is 0 Å². The number of aliphatic hydroxyl groups is 1. The van der Waals surface area contributed by atoms with Crippen LogP contribution in [-0.2, 0) is 0 Å². The first-order valence-corrected chi connectivity index (χ1v) is 4.83. The molecule has 0 amide bonds. The average Bonchev–Trinajstić information content (AvgIpc) is 2.30. The summed E-state index contributed by atoms with van der Waals surface area (Å²) in [6, 6.07) is 8.97. The van der Waals surface area contributed by atoms with Gasteiger partial charge in [-0.25, -0.2) is 0 Å². The van der Waals surface area contributed by atoms with Crippen LogP contribution in [0.15, 0.2) is 35.3 Å². The highest BCUT2D eigenvalue weighted by molar-refractivity contribution is 6.45. The lowest BCUT2D eigenvalue weighted by molar-refractivity contribution is 0.105. The van der Waals surface area contributed by atoms with Gasteiger partial charge in [-0.1, -0.05) is 30.3 Å². The van der Waals surface area contributed by atoms with Gasteiger partial charge in [0, 0.05) is 12.1 Å². The molecule has 5 heteroatoms. The summed E-state index contributed by atoms with van der Waals surface area (Å²) in [4.78, 5) is 15.8. The third kappa shape index (κ3) is 2.81. The van der Waals surface area contributed by atoms with Crippen LogP contribution in [0.3, 0.4) is 0 Å². The molecule has 0 fully saturated rings. The van der Waals surface area contributed by atoms with Crippen molar-refractivity contribution in [2.75, 3.05) is 13.1 Å². The van der Waals surface area contributed by atoms with Gasteiger partial charge in [0.05, 0.1) is 12.6 Å². The zero-order valence-electron chi connectivity index (χ0n) is 8.59. The van der Waals surface area contributed by atoms with E-state index in [1.807, 2.05) is 18.2 Å². The molecule has 1 unspecified atom stereocenters. The zero-order valence-corrected chi connectivity index (χ0v) is 9.41. The Kier molecular flexibility index (Phi) is 4.46. The minimum atomic E-state index is -0.489. The van der Waals surface area contributed by atoms with Gasteiger partial charge in [0.25, 0.3) is 0 Å². The van der Waals surface area contributed by atoms with E-state index in [2.05, 4.69) is 10.3 Å². The maximum Gasteiger partial charge on any atom is 0.227 e. The predicted molar refractivity (Wildman–Crippen MR) is 64.3 cm³/mol. The molecule has 0 spiro atoms. The van der Waals surface area contributed by atoms with E-state index < -0.39 is 6.10 Å². The predicted octanol–water partition coefficient (Wildman–Crippen LogP) is 0.654. The van der Waals surface area contributed by atoms with Gasteiger partial charge in [0.2, 0.25) is 5.78 Å². The molecule has 0 aliphatic carbocycles. The van der Waals surface area contributed by atoms with Crippen LogP contribution in [0.2, 0.25) is 0 Å². The summed E-state index contributed by atoms with van der Waals surface area (Å²) >= 11 is 0. The van der Waals surface area contributed by atoms with Crippen molar-refractivity contribution in [1.29, 1.82) is 0 Å². The molecule has 0 radical (unpaired) electrons. The third-order valence-electron chi connectivity index (χ3n) is 2.22. The quantitative estimate of drug-likeness (QED) is 0.747. The van der Waals surface area contributed by atoms with Crippen molar-refractivity contribution in [3.05, 3.63) is 35.9 Å². The first-order valence-electron chi connectivity index (χ1n) is 4.83. The van der Waals surface area contributed by atoms with Gasteiger partial charge in [-0.05, 0) is 0 Å². The van der Waals surface area contributed by atoms with Crippen molar-refractivity contribution in [3.63, 3.8) is 0 Å². The Balaban J connectivity index is 0.00000128. The summed E-state index contributed by atoms with van der Waals surface area (Å²) in [5.74, 6) is 0.217. The van der Waals surface area contributed by atoms with E-state index in [0.717, 1.165) is 0 Å². The number of nitrogens with zero attached hydrogens (tertiary/aromatic N) is 1. The van der Waals surface area contributed by atoms with Crippen molar-refractivity contribution < 1.29 is 9.90 Å². The molecule has 1 aliphatic heterocycles. The van der Waals surface area contributed by atoms with Gasteiger partial charge in [0.1, 0.15) is 0 Å². The number of aliphatic imine (C=N–C) groups is 1. The molecule has 0 saturated carbocycles. The third-order valence-corrected chi connectivity index (χ3v) is 2.22. The van der Waals surface area contributed by atoms with Crippen LogP contribution < -0.4 is 5.32 Å². The molecule has 4 nitrogen and oxygen atoms in total. The van der Waals surface area contributed by atoms with Gasteiger partial charge >= 0.3 is 0 Å². The first kappa shape index (κ1) is 12.7. The molecular formula is C11H13ClN2O2. The lowest BCUT2D eigenvalue weighted by Gasteiger charge is -2.17. The molecule has 2 rings (SSSR count). The average molecular weight is 241 g/mol. The number of Topliss-reactive ketones (excluding diaryl/α,β-unsaturated/α-hetero) is 1. The Bertz CT molecular complexity index is 392. The van der Waals surface area contributed by atoms with E-state index in [1.54, 1.807) is 12.1 Å². The molecule has 1 aliphatic rings. The molecule has 0 bridgehead atoms. The number of β-amino-alcohol motifs (C(OH)–C–C–N with tert-alkyl or cyclic N) is 1. The first-order chi connectivity index (χ1) is 7.27. The maximum absolute atomic E-state index is 11.8. The van der Waals surface area contributed by atoms with E-state index in [1.165, 1.54) is 0 Å². The fourth-order valence-corrected chi connectivity index (χ4v) is 1.41. The fourth-order valence-electron chi connectivity index (χ4n) is 1.41. The normalized spacial score (nSPS) is 19.1. The highest BCUT2D eigenvalue weighted by atomic mass is 35.5.